The lowest BCUT2D eigenvalue weighted by Crippen LogP contribution is -2.30. The topological polar surface area (TPSA) is 52.7 Å². The number of likely N-dealkylation sites (tertiary alicyclic amines) is 1. The van der Waals surface area contributed by atoms with Crippen LogP contribution in [0.2, 0.25) is 0 Å². The number of nitrogens with one attached hydrogen (secondary N) is 1. The Kier molecular flexibility index (Phi) is 6.86. The number of benzene rings is 1. The van der Waals surface area contributed by atoms with E-state index in [0.29, 0.717) is 12.3 Å². The molecule has 3 rings (SSSR count). The van der Waals surface area contributed by atoms with Gasteiger partial charge in [0.05, 0.1) is 5.56 Å². The van der Waals surface area contributed by atoms with Crippen molar-refractivity contribution in [3.05, 3.63) is 23.8 Å². The van der Waals surface area contributed by atoms with E-state index in [9.17, 15) is 9.59 Å². The second-order valence-electron chi connectivity index (χ2n) is 10.0. The van der Waals surface area contributed by atoms with Crippen LogP contribution in [0.25, 0.3) is 0 Å². The van der Waals surface area contributed by atoms with Gasteiger partial charge in [0.15, 0.2) is 0 Å². The van der Waals surface area contributed by atoms with Gasteiger partial charge in [-0.25, -0.2) is 0 Å². The highest BCUT2D eigenvalue weighted by molar-refractivity contribution is 6.02. The molecule has 160 valence electrons. The van der Waals surface area contributed by atoms with Gasteiger partial charge >= 0.3 is 0 Å². The molecule has 0 aliphatic carbocycles. The monoisotopic (exact) mass is 399 g/mol. The van der Waals surface area contributed by atoms with Crippen molar-refractivity contribution in [2.45, 2.75) is 66.2 Å². The molecule has 0 radical (unpaired) electrons. The Morgan fingerprint density at radius 2 is 1.66 bits per heavy atom. The van der Waals surface area contributed by atoms with Gasteiger partial charge in [0.2, 0.25) is 5.91 Å². The first-order chi connectivity index (χ1) is 13.7. The molecule has 1 aromatic carbocycles. The maximum Gasteiger partial charge on any atom is 0.256 e. The Balaban J connectivity index is 1.74. The van der Waals surface area contributed by atoms with E-state index in [1.165, 1.54) is 12.8 Å². The van der Waals surface area contributed by atoms with Gasteiger partial charge in [-0.05, 0) is 61.6 Å². The lowest BCUT2D eigenvalue weighted by Gasteiger charge is -2.25. The third kappa shape index (κ3) is 5.97. The fraction of sp³-hybridized carbons (Fsp3) is 0.667. The van der Waals surface area contributed by atoms with Crippen LogP contribution in [0.5, 0.6) is 0 Å². The average Bonchev–Trinajstić information content (AvgIpc) is 3.33. The highest BCUT2D eigenvalue weighted by Gasteiger charge is 2.26. The van der Waals surface area contributed by atoms with Crippen molar-refractivity contribution in [3.8, 4) is 0 Å². The molecule has 2 amide bonds. The number of amides is 2. The smallest absolute Gasteiger partial charge is 0.256 e. The lowest BCUT2D eigenvalue weighted by molar-refractivity contribution is -0.117. The first-order valence-electron chi connectivity index (χ1n) is 11.2. The van der Waals surface area contributed by atoms with Crippen molar-refractivity contribution in [3.63, 3.8) is 0 Å². The Bertz CT molecular complexity index is 726. The lowest BCUT2D eigenvalue weighted by atomic mass is 9.84. The van der Waals surface area contributed by atoms with Crippen LogP contribution in [0.15, 0.2) is 18.2 Å². The van der Waals surface area contributed by atoms with Crippen LogP contribution >= 0.6 is 0 Å². The van der Waals surface area contributed by atoms with Gasteiger partial charge < -0.3 is 15.1 Å². The highest BCUT2D eigenvalue weighted by Crippen LogP contribution is 2.30. The van der Waals surface area contributed by atoms with Crippen LogP contribution in [0.1, 0.15) is 76.6 Å². The Morgan fingerprint density at radius 1 is 1.03 bits per heavy atom. The van der Waals surface area contributed by atoms with Gasteiger partial charge in [0, 0.05) is 44.0 Å². The van der Waals surface area contributed by atoms with Crippen molar-refractivity contribution in [2.75, 3.05) is 36.4 Å². The van der Waals surface area contributed by atoms with Gasteiger partial charge in [-0.2, -0.15) is 0 Å². The molecule has 2 fully saturated rings. The molecule has 1 N–H and O–H groups in total. The van der Waals surface area contributed by atoms with Crippen molar-refractivity contribution in [1.82, 2.24) is 4.90 Å². The summed E-state index contributed by atoms with van der Waals surface area (Å²) in [5.41, 5.74) is 2.68. The molecule has 0 saturated carbocycles. The third-order valence-corrected chi connectivity index (χ3v) is 5.85. The van der Waals surface area contributed by atoms with Crippen LogP contribution in [0.3, 0.4) is 0 Å². The van der Waals surface area contributed by atoms with E-state index in [1.807, 2.05) is 23.1 Å². The van der Waals surface area contributed by atoms with Crippen LogP contribution in [0, 0.1) is 11.3 Å². The molecular weight excluding hydrogens is 362 g/mol. The molecule has 2 heterocycles. The quantitative estimate of drug-likeness (QED) is 0.738. The summed E-state index contributed by atoms with van der Waals surface area (Å²) >= 11 is 0. The highest BCUT2D eigenvalue weighted by atomic mass is 16.2. The second-order valence-corrected chi connectivity index (χ2v) is 10.0. The molecular formula is C24H37N3O2. The summed E-state index contributed by atoms with van der Waals surface area (Å²) < 4.78 is 0. The number of hydrogen-bond donors (Lipinski definition) is 1. The van der Waals surface area contributed by atoms with Crippen LogP contribution in [0.4, 0.5) is 11.4 Å². The zero-order chi connectivity index (χ0) is 21.0. The summed E-state index contributed by atoms with van der Waals surface area (Å²) in [6, 6.07) is 5.85. The first kappa shape index (κ1) is 21.7. The second kappa shape index (κ2) is 9.19. The summed E-state index contributed by atoms with van der Waals surface area (Å²) in [6.07, 6.45) is 6.00. The van der Waals surface area contributed by atoms with E-state index in [0.717, 1.165) is 62.4 Å². The van der Waals surface area contributed by atoms with E-state index in [2.05, 4.69) is 37.9 Å². The molecule has 0 bridgehead atoms. The average molecular weight is 400 g/mol. The van der Waals surface area contributed by atoms with Crippen molar-refractivity contribution in [2.24, 2.45) is 11.3 Å². The van der Waals surface area contributed by atoms with E-state index in [-0.39, 0.29) is 17.2 Å². The van der Waals surface area contributed by atoms with Crippen LogP contribution in [-0.2, 0) is 4.79 Å². The number of carbonyl (C=O) groups excluding carboxylic acids is 2. The number of nitrogens with zero attached hydrogens (tertiary/aromatic N) is 2. The van der Waals surface area contributed by atoms with Gasteiger partial charge in [-0.15, -0.1) is 0 Å². The van der Waals surface area contributed by atoms with Crippen molar-refractivity contribution >= 4 is 23.2 Å². The SMILES string of the molecule is C[C@@H](CC(=O)Nc1ccc(N2CCCC2)c(C(=O)N2CCCC2)c1)CC(C)(C)C. The van der Waals surface area contributed by atoms with E-state index < -0.39 is 0 Å². The number of rotatable bonds is 6. The fourth-order valence-corrected chi connectivity index (χ4v) is 4.76. The summed E-state index contributed by atoms with van der Waals surface area (Å²) in [5.74, 6) is 0.446. The van der Waals surface area contributed by atoms with E-state index >= 15 is 0 Å². The number of carbonyl (C=O) groups is 2. The zero-order valence-corrected chi connectivity index (χ0v) is 18.6. The molecule has 0 spiro atoms. The van der Waals surface area contributed by atoms with Crippen molar-refractivity contribution in [1.29, 1.82) is 0 Å². The third-order valence-electron chi connectivity index (χ3n) is 5.85. The maximum atomic E-state index is 13.2. The van der Waals surface area contributed by atoms with Crippen LogP contribution in [-0.4, -0.2) is 42.9 Å². The molecule has 29 heavy (non-hydrogen) atoms. The molecule has 5 nitrogen and oxygen atoms in total. The first-order valence-corrected chi connectivity index (χ1v) is 11.2. The molecule has 0 aromatic heterocycles. The Morgan fingerprint density at radius 3 is 2.28 bits per heavy atom. The van der Waals surface area contributed by atoms with E-state index in [4.69, 9.17) is 0 Å². The predicted molar refractivity (Wildman–Crippen MR) is 120 cm³/mol. The van der Waals surface area contributed by atoms with Gasteiger partial charge in [-0.3, -0.25) is 9.59 Å². The largest absolute Gasteiger partial charge is 0.371 e. The summed E-state index contributed by atoms with van der Waals surface area (Å²) in [7, 11) is 0. The normalized spacial score (nSPS) is 18.2. The maximum absolute atomic E-state index is 13.2. The number of hydrogen-bond acceptors (Lipinski definition) is 3. The standard InChI is InChI=1S/C24H37N3O2/c1-18(17-24(2,3)4)15-22(28)25-19-9-10-21(26-11-5-6-12-26)20(16-19)23(29)27-13-7-8-14-27/h9-10,16,18H,5-8,11-15,17H2,1-4H3,(H,25,28)/t18-/m0/s1. The number of anilines is 2. The fourth-order valence-electron chi connectivity index (χ4n) is 4.76. The Hall–Kier alpha value is -2.04. The molecule has 0 unspecified atom stereocenters. The van der Waals surface area contributed by atoms with Gasteiger partial charge in [0.1, 0.15) is 0 Å². The minimum Gasteiger partial charge on any atom is -0.371 e. The summed E-state index contributed by atoms with van der Waals surface area (Å²) in [6.45, 7) is 12.4. The minimum absolute atomic E-state index is 0.0234. The predicted octanol–water partition coefficient (Wildman–Crippen LogP) is 4.92. The van der Waals surface area contributed by atoms with Crippen molar-refractivity contribution < 1.29 is 9.59 Å². The van der Waals surface area contributed by atoms with Gasteiger partial charge in [-0.1, -0.05) is 27.7 Å². The summed E-state index contributed by atoms with van der Waals surface area (Å²) in [4.78, 5) is 30.0. The van der Waals surface area contributed by atoms with E-state index in [1.54, 1.807) is 0 Å². The molecule has 2 aliphatic rings. The molecule has 2 aliphatic heterocycles. The van der Waals surface area contributed by atoms with Gasteiger partial charge in [0.25, 0.3) is 5.91 Å². The summed E-state index contributed by atoms with van der Waals surface area (Å²) in [5, 5.41) is 3.03. The molecule has 1 atom stereocenters. The zero-order valence-electron chi connectivity index (χ0n) is 18.6. The molecule has 5 heteroatoms. The molecule has 1 aromatic rings. The molecule has 2 saturated heterocycles. The van der Waals surface area contributed by atoms with Crippen LogP contribution < -0.4 is 10.2 Å². The Labute approximate surface area is 175 Å². The minimum atomic E-state index is 0.0234.